The predicted octanol–water partition coefficient (Wildman–Crippen LogP) is 3.28. The van der Waals surface area contributed by atoms with E-state index in [9.17, 15) is 4.79 Å². The second kappa shape index (κ2) is 8.74. The highest BCUT2D eigenvalue weighted by Gasteiger charge is 2.19. The molecule has 3 rings (SSSR count). The fourth-order valence-corrected chi connectivity index (χ4v) is 2.77. The fourth-order valence-electron chi connectivity index (χ4n) is 2.77. The highest BCUT2D eigenvalue weighted by Crippen LogP contribution is 2.32. The van der Waals surface area contributed by atoms with Crippen molar-refractivity contribution in [1.82, 2.24) is 4.90 Å². The summed E-state index contributed by atoms with van der Waals surface area (Å²) in [6, 6.07) is 15.2. The van der Waals surface area contributed by atoms with Crippen LogP contribution in [0.4, 0.5) is 0 Å². The van der Waals surface area contributed by atoms with E-state index in [0.29, 0.717) is 19.5 Å². The maximum atomic E-state index is 12.6. The second-order valence-corrected chi connectivity index (χ2v) is 5.82. The molecule has 0 spiro atoms. The van der Waals surface area contributed by atoms with E-state index in [1.54, 1.807) is 4.90 Å². The smallest absolute Gasteiger partial charge is 0.231 e. The van der Waals surface area contributed by atoms with Crippen LogP contribution in [-0.2, 0) is 11.3 Å². The Labute approximate surface area is 154 Å². The standard InChI is InChI=1S/C19H22N2O3.ClH/c1-2-21(12-14-8-9-17-18(10-14)24-13-23-17)19(22)11-16(20)15-6-4-3-5-7-15;/h3-10,16H,2,11-13,20H2,1H3;1H. The molecule has 25 heavy (non-hydrogen) atoms. The van der Waals surface area contributed by atoms with Gasteiger partial charge in [-0.15, -0.1) is 12.4 Å². The largest absolute Gasteiger partial charge is 0.454 e. The Hall–Kier alpha value is -2.24. The SMILES string of the molecule is CCN(Cc1ccc2c(c1)OCO2)C(=O)CC(N)c1ccccc1.Cl. The third-order valence-corrected chi connectivity index (χ3v) is 4.17. The number of amides is 1. The lowest BCUT2D eigenvalue weighted by Crippen LogP contribution is -2.32. The van der Waals surface area contributed by atoms with Crippen molar-refractivity contribution in [2.45, 2.75) is 25.9 Å². The van der Waals surface area contributed by atoms with Crippen LogP contribution < -0.4 is 15.2 Å². The quantitative estimate of drug-likeness (QED) is 0.856. The number of hydrogen-bond acceptors (Lipinski definition) is 4. The van der Waals surface area contributed by atoms with Crippen molar-refractivity contribution in [2.75, 3.05) is 13.3 Å². The molecular formula is C19H23ClN2O3. The summed E-state index contributed by atoms with van der Waals surface area (Å²) in [5.41, 5.74) is 8.16. The molecule has 1 heterocycles. The van der Waals surface area contributed by atoms with E-state index in [1.165, 1.54) is 0 Å². The predicted molar refractivity (Wildman–Crippen MR) is 98.9 cm³/mol. The molecule has 6 heteroatoms. The molecule has 0 saturated heterocycles. The molecule has 2 aromatic rings. The number of nitrogens with zero attached hydrogens (tertiary/aromatic N) is 1. The number of hydrogen-bond donors (Lipinski definition) is 1. The highest BCUT2D eigenvalue weighted by molar-refractivity contribution is 5.85. The van der Waals surface area contributed by atoms with Gasteiger partial charge in [0.1, 0.15) is 0 Å². The summed E-state index contributed by atoms with van der Waals surface area (Å²) in [5, 5.41) is 0. The molecule has 0 fully saturated rings. The van der Waals surface area contributed by atoms with Crippen molar-refractivity contribution in [2.24, 2.45) is 5.73 Å². The molecule has 0 radical (unpaired) electrons. The number of halogens is 1. The number of fused-ring (bicyclic) bond motifs is 1. The summed E-state index contributed by atoms with van der Waals surface area (Å²) in [6.45, 7) is 3.39. The van der Waals surface area contributed by atoms with Crippen molar-refractivity contribution in [1.29, 1.82) is 0 Å². The van der Waals surface area contributed by atoms with Crippen molar-refractivity contribution >= 4 is 18.3 Å². The minimum absolute atomic E-state index is 0. The minimum atomic E-state index is -0.287. The maximum Gasteiger partial charge on any atom is 0.231 e. The van der Waals surface area contributed by atoms with Crippen molar-refractivity contribution < 1.29 is 14.3 Å². The zero-order valence-electron chi connectivity index (χ0n) is 14.2. The highest BCUT2D eigenvalue weighted by atomic mass is 35.5. The van der Waals surface area contributed by atoms with Crippen molar-refractivity contribution in [3.05, 3.63) is 59.7 Å². The first kappa shape index (κ1) is 19.1. The Balaban J connectivity index is 0.00000225. The molecule has 2 aromatic carbocycles. The first-order chi connectivity index (χ1) is 11.7. The lowest BCUT2D eigenvalue weighted by Gasteiger charge is -2.23. The van der Waals surface area contributed by atoms with Crippen LogP contribution >= 0.6 is 12.4 Å². The molecule has 1 aliphatic rings. The van der Waals surface area contributed by atoms with Gasteiger partial charge in [-0.3, -0.25) is 4.79 Å². The van der Waals surface area contributed by atoms with Gasteiger partial charge in [-0.1, -0.05) is 36.4 Å². The molecule has 0 bridgehead atoms. The van der Waals surface area contributed by atoms with E-state index >= 15 is 0 Å². The minimum Gasteiger partial charge on any atom is -0.454 e. The van der Waals surface area contributed by atoms with Crippen LogP contribution in [0.5, 0.6) is 11.5 Å². The van der Waals surface area contributed by atoms with Gasteiger partial charge in [-0.05, 0) is 30.2 Å². The lowest BCUT2D eigenvalue weighted by atomic mass is 10.0. The number of nitrogens with two attached hydrogens (primary N) is 1. The Morgan fingerprint density at radius 2 is 1.88 bits per heavy atom. The van der Waals surface area contributed by atoms with E-state index < -0.39 is 0 Å². The van der Waals surface area contributed by atoms with E-state index in [4.69, 9.17) is 15.2 Å². The number of carbonyl (C=O) groups excluding carboxylic acids is 1. The molecular weight excluding hydrogens is 340 g/mol. The molecule has 1 aliphatic heterocycles. The fraction of sp³-hybridized carbons (Fsp3) is 0.316. The van der Waals surface area contributed by atoms with Crippen LogP contribution in [0, 0.1) is 0 Å². The van der Waals surface area contributed by atoms with Crippen LogP contribution in [0.2, 0.25) is 0 Å². The summed E-state index contributed by atoms with van der Waals surface area (Å²) in [5.74, 6) is 1.53. The molecule has 2 N–H and O–H groups in total. The number of carbonyl (C=O) groups is 1. The van der Waals surface area contributed by atoms with Crippen LogP contribution in [0.25, 0.3) is 0 Å². The van der Waals surface area contributed by atoms with Gasteiger partial charge >= 0.3 is 0 Å². The third kappa shape index (κ3) is 4.65. The second-order valence-electron chi connectivity index (χ2n) is 5.82. The van der Waals surface area contributed by atoms with Crippen LogP contribution in [0.15, 0.2) is 48.5 Å². The van der Waals surface area contributed by atoms with Gasteiger partial charge in [-0.2, -0.15) is 0 Å². The Morgan fingerprint density at radius 3 is 2.60 bits per heavy atom. The monoisotopic (exact) mass is 362 g/mol. The summed E-state index contributed by atoms with van der Waals surface area (Å²) in [7, 11) is 0. The van der Waals surface area contributed by atoms with E-state index in [0.717, 1.165) is 22.6 Å². The third-order valence-electron chi connectivity index (χ3n) is 4.17. The van der Waals surface area contributed by atoms with Gasteiger partial charge in [0.2, 0.25) is 12.7 Å². The maximum absolute atomic E-state index is 12.6. The van der Waals surface area contributed by atoms with Gasteiger partial charge in [-0.25, -0.2) is 0 Å². The molecule has 0 aromatic heterocycles. The summed E-state index contributed by atoms with van der Waals surface area (Å²) in [6.07, 6.45) is 0.294. The molecule has 0 aliphatic carbocycles. The van der Waals surface area contributed by atoms with Gasteiger partial charge in [0.25, 0.3) is 0 Å². The molecule has 1 unspecified atom stereocenters. The van der Waals surface area contributed by atoms with Crippen LogP contribution in [0.1, 0.15) is 30.5 Å². The molecule has 0 saturated carbocycles. The number of ether oxygens (including phenoxy) is 2. The van der Waals surface area contributed by atoms with Gasteiger partial charge < -0.3 is 20.1 Å². The van der Waals surface area contributed by atoms with Crippen molar-refractivity contribution in [3.8, 4) is 11.5 Å². The summed E-state index contributed by atoms with van der Waals surface area (Å²) in [4.78, 5) is 14.4. The lowest BCUT2D eigenvalue weighted by molar-refractivity contribution is -0.132. The Kier molecular flexibility index (Phi) is 6.67. The average molecular weight is 363 g/mol. The number of benzene rings is 2. The Morgan fingerprint density at radius 1 is 1.16 bits per heavy atom. The molecule has 134 valence electrons. The topological polar surface area (TPSA) is 64.8 Å². The van der Waals surface area contributed by atoms with E-state index in [-0.39, 0.29) is 31.1 Å². The van der Waals surface area contributed by atoms with E-state index in [2.05, 4.69) is 0 Å². The normalized spacial score (nSPS) is 13.0. The summed E-state index contributed by atoms with van der Waals surface area (Å²) >= 11 is 0. The molecule has 1 atom stereocenters. The van der Waals surface area contributed by atoms with Crippen LogP contribution in [-0.4, -0.2) is 24.1 Å². The zero-order chi connectivity index (χ0) is 16.9. The average Bonchev–Trinajstić information content (AvgIpc) is 3.08. The Bertz CT molecular complexity index is 709. The molecule has 5 nitrogen and oxygen atoms in total. The zero-order valence-corrected chi connectivity index (χ0v) is 15.0. The van der Waals surface area contributed by atoms with Gasteiger partial charge in [0, 0.05) is 25.6 Å². The first-order valence-corrected chi connectivity index (χ1v) is 8.14. The van der Waals surface area contributed by atoms with Crippen molar-refractivity contribution in [3.63, 3.8) is 0 Å². The van der Waals surface area contributed by atoms with Gasteiger partial charge in [0.05, 0.1) is 0 Å². The van der Waals surface area contributed by atoms with Gasteiger partial charge in [0.15, 0.2) is 11.5 Å². The summed E-state index contributed by atoms with van der Waals surface area (Å²) < 4.78 is 10.7. The molecule has 1 amide bonds. The number of rotatable bonds is 6. The van der Waals surface area contributed by atoms with E-state index in [1.807, 2.05) is 55.5 Å². The van der Waals surface area contributed by atoms with Crippen LogP contribution in [0.3, 0.4) is 0 Å². The first-order valence-electron chi connectivity index (χ1n) is 8.14.